The van der Waals surface area contributed by atoms with E-state index < -0.39 is 21.5 Å². The second kappa shape index (κ2) is 9.78. The van der Waals surface area contributed by atoms with Crippen LogP contribution in [0.2, 0.25) is 0 Å². The van der Waals surface area contributed by atoms with E-state index >= 15 is 0 Å². The van der Waals surface area contributed by atoms with Crippen molar-refractivity contribution in [1.29, 1.82) is 0 Å². The predicted molar refractivity (Wildman–Crippen MR) is 112 cm³/mol. The lowest BCUT2D eigenvalue weighted by Crippen LogP contribution is -2.33. The van der Waals surface area contributed by atoms with E-state index in [9.17, 15) is 13.2 Å². The van der Waals surface area contributed by atoms with E-state index in [0.29, 0.717) is 37.6 Å². The van der Waals surface area contributed by atoms with Crippen molar-refractivity contribution in [2.45, 2.75) is 32.2 Å². The second-order valence-electron chi connectivity index (χ2n) is 7.23. The molecule has 1 heterocycles. The van der Waals surface area contributed by atoms with Gasteiger partial charge in [0.1, 0.15) is 5.75 Å². The van der Waals surface area contributed by atoms with Crippen LogP contribution in [0, 0.1) is 0 Å². The number of sulfone groups is 1. The molecule has 6 nitrogen and oxygen atoms in total. The second-order valence-corrected chi connectivity index (χ2v) is 9.41. The fourth-order valence-electron chi connectivity index (χ4n) is 3.23. The van der Waals surface area contributed by atoms with Gasteiger partial charge in [-0.05, 0) is 43.0 Å². The molecular weight excluding hydrogens is 390 g/mol. The third-order valence-corrected chi connectivity index (χ3v) is 6.38. The van der Waals surface area contributed by atoms with Gasteiger partial charge in [0.2, 0.25) is 5.91 Å². The summed E-state index contributed by atoms with van der Waals surface area (Å²) in [7, 11) is -3.45. The van der Waals surface area contributed by atoms with Crippen molar-refractivity contribution in [3.63, 3.8) is 0 Å². The van der Waals surface area contributed by atoms with Gasteiger partial charge in [-0.3, -0.25) is 4.79 Å². The Kier molecular flexibility index (Phi) is 7.14. The van der Waals surface area contributed by atoms with Crippen molar-refractivity contribution in [1.82, 2.24) is 5.32 Å². The number of carbonyl (C=O) groups is 1. The molecule has 7 heteroatoms. The quantitative estimate of drug-likeness (QED) is 0.714. The molecule has 0 aromatic heterocycles. The molecule has 0 aliphatic carbocycles. The first-order valence-electron chi connectivity index (χ1n) is 9.86. The first-order chi connectivity index (χ1) is 13.9. The summed E-state index contributed by atoms with van der Waals surface area (Å²) in [6, 6.07) is 14.9. The van der Waals surface area contributed by atoms with Gasteiger partial charge in [0.25, 0.3) is 0 Å². The van der Waals surface area contributed by atoms with Crippen LogP contribution < -0.4 is 14.8 Å². The average molecular weight is 418 g/mol. The molecule has 1 aliphatic rings. The Hall–Kier alpha value is -2.54. The summed E-state index contributed by atoms with van der Waals surface area (Å²) >= 11 is 0. The number of ether oxygens (including phenoxy) is 2. The van der Waals surface area contributed by atoms with Gasteiger partial charge >= 0.3 is 0 Å². The molecule has 0 radical (unpaired) electrons. The maximum Gasteiger partial charge on any atom is 0.235 e. The zero-order valence-corrected chi connectivity index (χ0v) is 17.4. The number of hydrogen-bond donors (Lipinski definition) is 1. The normalized spacial score (nSPS) is 14.7. The van der Waals surface area contributed by atoms with Crippen molar-refractivity contribution in [2.24, 2.45) is 0 Å². The zero-order valence-electron chi connectivity index (χ0n) is 16.6. The zero-order chi connectivity index (χ0) is 20.7. The van der Waals surface area contributed by atoms with Crippen molar-refractivity contribution in [3.05, 3.63) is 59.7 Å². The van der Waals surface area contributed by atoms with Crippen LogP contribution in [0.15, 0.2) is 48.5 Å². The number of hydrogen-bond acceptors (Lipinski definition) is 5. The van der Waals surface area contributed by atoms with Gasteiger partial charge in [-0.15, -0.1) is 0 Å². The topological polar surface area (TPSA) is 81.7 Å². The molecule has 1 amide bonds. The number of amides is 1. The number of benzene rings is 2. The van der Waals surface area contributed by atoms with Crippen molar-refractivity contribution in [2.75, 3.05) is 24.7 Å². The molecule has 156 valence electrons. The molecule has 0 saturated heterocycles. The van der Waals surface area contributed by atoms with Crippen LogP contribution in [0.1, 0.15) is 36.9 Å². The molecule has 1 atom stereocenters. The number of aryl methyl sites for hydroxylation is 1. The van der Waals surface area contributed by atoms with E-state index in [0.717, 1.165) is 17.5 Å². The molecule has 2 aromatic rings. The Morgan fingerprint density at radius 1 is 1.07 bits per heavy atom. The molecule has 3 rings (SSSR count). The van der Waals surface area contributed by atoms with Gasteiger partial charge < -0.3 is 14.8 Å². The third-order valence-electron chi connectivity index (χ3n) is 4.76. The molecule has 2 aromatic carbocycles. The van der Waals surface area contributed by atoms with E-state index in [1.807, 2.05) is 55.5 Å². The number of fused-ring (bicyclic) bond motifs is 1. The van der Waals surface area contributed by atoms with Crippen LogP contribution in [-0.2, 0) is 21.1 Å². The maximum absolute atomic E-state index is 12.3. The number of carbonyl (C=O) groups excluding carboxylic acids is 1. The van der Waals surface area contributed by atoms with E-state index in [1.165, 1.54) is 0 Å². The van der Waals surface area contributed by atoms with Gasteiger partial charge in [-0.2, -0.15) is 0 Å². The molecule has 1 N–H and O–H groups in total. The van der Waals surface area contributed by atoms with Gasteiger partial charge in [0, 0.05) is 6.42 Å². The van der Waals surface area contributed by atoms with Crippen LogP contribution in [0.3, 0.4) is 0 Å². The van der Waals surface area contributed by atoms with E-state index in [1.54, 1.807) is 0 Å². The average Bonchev–Trinajstić information content (AvgIpc) is 2.92. The standard InChI is InChI=1S/C22H27NO5S/c1-17(19-10-11-20-21(15-19)28-13-6-12-27-20)23-22(24)16-29(25,26)14-5-9-18-7-3-2-4-8-18/h2-4,7-8,10-11,15,17H,5-6,9,12-14,16H2,1H3,(H,23,24). The first-order valence-corrected chi connectivity index (χ1v) is 11.7. The molecule has 29 heavy (non-hydrogen) atoms. The molecule has 1 unspecified atom stereocenters. The fraction of sp³-hybridized carbons (Fsp3) is 0.409. The first kappa shape index (κ1) is 21.2. The van der Waals surface area contributed by atoms with Crippen LogP contribution in [0.4, 0.5) is 0 Å². The smallest absolute Gasteiger partial charge is 0.235 e. The van der Waals surface area contributed by atoms with Crippen molar-refractivity contribution >= 4 is 15.7 Å². The van der Waals surface area contributed by atoms with E-state index in [4.69, 9.17) is 9.47 Å². The highest BCUT2D eigenvalue weighted by molar-refractivity contribution is 7.92. The summed E-state index contributed by atoms with van der Waals surface area (Å²) in [6.07, 6.45) is 1.99. The minimum Gasteiger partial charge on any atom is -0.490 e. The minimum atomic E-state index is -3.45. The lowest BCUT2D eigenvalue weighted by molar-refractivity contribution is -0.119. The Morgan fingerprint density at radius 2 is 1.79 bits per heavy atom. The van der Waals surface area contributed by atoms with Crippen LogP contribution in [0.5, 0.6) is 11.5 Å². The predicted octanol–water partition coefficient (Wildman–Crippen LogP) is 3.07. The lowest BCUT2D eigenvalue weighted by Gasteiger charge is -2.16. The summed E-state index contributed by atoms with van der Waals surface area (Å²) in [6.45, 7) is 3.01. The highest BCUT2D eigenvalue weighted by atomic mass is 32.2. The van der Waals surface area contributed by atoms with Crippen LogP contribution in [0.25, 0.3) is 0 Å². The fourth-order valence-corrected chi connectivity index (χ4v) is 4.44. The number of rotatable bonds is 8. The summed E-state index contributed by atoms with van der Waals surface area (Å²) in [5, 5.41) is 2.77. The van der Waals surface area contributed by atoms with E-state index in [2.05, 4.69) is 5.32 Å². The van der Waals surface area contributed by atoms with Gasteiger partial charge in [0.05, 0.1) is 25.0 Å². The van der Waals surface area contributed by atoms with Crippen molar-refractivity contribution < 1.29 is 22.7 Å². The Bertz CT molecular complexity index is 927. The molecule has 1 aliphatic heterocycles. The SMILES string of the molecule is CC(NC(=O)CS(=O)(=O)CCCc1ccccc1)c1ccc2c(c1)OCCCO2. The van der Waals surface area contributed by atoms with Gasteiger partial charge in [-0.25, -0.2) is 8.42 Å². The van der Waals surface area contributed by atoms with Gasteiger partial charge in [0.15, 0.2) is 21.3 Å². The Morgan fingerprint density at radius 3 is 2.55 bits per heavy atom. The monoisotopic (exact) mass is 417 g/mol. The highest BCUT2D eigenvalue weighted by Gasteiger charge is 2.20. The van der Waals surface area contributed by atoms with Crippen LogP contribution >= 0.6 is 0 Å². The lowest BCUT2D eigenvalue weighted by atomic mass is 10.1. The summed E-state index contributed by atoms with van der Waals surface area (Å²) in [4.78, 5) is 12.3. The number of nitrogens with one attached hydrogen (secondary N) is 1. The molecule has 0 fully saturated rings. The van der Waals surface area contributed by atoms with E-state index in [-0.39, 0.29) is 11.8 Å². The summed E-state index contributed by atoms with van der Waals surface area (Å²) in [5.74, 6) is 0.328. The van der Waals surface area contributed by atoms with Crippen molar-refractivity contribution in [3.8, 4) is 11.5 Å². The minimum absolute atomic E-state index is 0.00623. The molecule has 0 saturated carbocycles. The Balaban J connectivity index is 1.50. The molecule has 0 spiro atoms. The summed E-state index contributed by atoms with van der Waals surface area (Å²) < 4.78 is 35.8. The molecular formula is C22H27NO5S. The molecule has 0 bridgehead atoms. The third kappa shape index (κ3) is 6.49. The largest absolute Gasteiger partial charge is 0.490 e. The van der Waals surface area contributed by atoms with Gasteiger partial charge in [-0.1, -0.05) is 36.4 Å². The van der Waals surface area contributed by atoms with Crippen LogP contribution in [-0.4, -0.2) is 39.0 Å². The Labute approximate surface area is 172 Å². The highest BCUT2D eigenvalue weighted by Crippen LogP contribution is 2.32. The summed E-state index contributed by atoms with van der Waals surface area (Å²) in [5.41, 5.74) is 1.93. The maximum atomic E-state index is 12.3.